The molecule has 3 nitrogen and oxygen atoms in total. The molecule has 1 aromatic rings. The van der Waals surface area contributed by atoms with Crippen molar-refractivity contribution < 1.29 is 9.21 Å². The molecule has 0 radical (unpaired) electrons. The molecule has 0 spiro atoms. The van der Waals surface area contributed by atoms with E-state index >= 15 is 0 Å². The number of aryl methyl sites for hydroxylation is 1. The fourth-order valence-electron chi connectivity index (χ4n) is 1.20. The van der Waals surface area contributed by atoms with Crippen molar-refractivity contribution in [3.8, 4) is 12.3 Å². The molecule has 15 heavy (non-hydrogen) atoms. The van der Waals surface area contributed by atoms with Crippen LogP contribution in [0.4, 0.5) is 0 Å². The average molecular weight is 205 g/mol. The van der Waals surface area contributed by atoms with E-state index in [1.54, 1.807) is 19.9 Å². The van der Waals surface area contributed by atoms with Gasteiger partial charge in [-0.1, -0.05) is 12.8 Å². The number of amides is 1. The third-order valence-corrected chi connectivity index (χ3v) is 2.10. The van der Waals surface area contributed by atoms with Crippen LogP contribution < -0.4 is 5.32 Å². The summed E-state index contributed by atoms with van der Waals surface area (Å²) in [6.07, 6.45) is 7.49. The first-order chi connectivity index (χ1) is 7.00. The average Bonchev–Trinajstić information content (AvgIpc) is 2.64. The number of carbonyl (C=O) groups excluding carboxylic acids is 1. The highest BCUT2D eigenvalue weighted by Crippen LogP contribution is 2.12. The second-order valence-electron chi connectivity index (χ2n) is 3.83. The highest BCUT2D eigenvalue weighted by atomic mass is 16.3. The minimum atomic E-state index is -0.640. The number of nitrogens with one attached hydrogen (secondary N) is 1. The Hall–Kier alpha value is -1.69. The Kier molecular flexibility index (Phi) is 3.21. The van der Waals surface area contributed by atoms with Gasteiger partial charge in [0, 0.05) is 6.42 Å². The van der Waals surface area contributed by atoms with Gasteiger partial charge in [-0.3, -0.25) is 4.79 Å². The summed E-state index contributed by atoms with van der Waals surface area (Å²) < 4.78 is 5.17. The van der Waals surface area contributed by atoms with Crippen molar-refractivity contribution >= 4 is 5.91 Å². The maximum atomic E-state index is 11.8. The molecule has 0 aliphatic rings. The van der Waals surface area contributed by atoms with E-state index in [0.717, 1.165) is 0 Å². The minimum absolute atomic E-state index is 0.191. The Morgan fingerprint density at radius 3 is 2.87 bits per heavy atom. The Labute approximate surface area is 89.9 Å². The third kappa shape index (κ3) is 2.63. The number of hydrogen-bond donors (Lipinski definition) is 1. The van der Waals surface area contributed by atoms with Crippen LogP contribution in [0.5, 0.6) is 0 Å². The fourth-order valence-corrected chi connectivity index (χ4v) is 1.20. The van der Waals surface area contributed by atoms with E-state index in [2.05, 4.69) is 11.2 Å². The highest BCUT2D eigenvalue weighted by molar-refractivity contribution is 5.95. The van der Waals surface area contributed by atoms with Crippen molar-refractivity contribution in [3.63, 3.8) is 0 Å². The lowest BCUT2D eigenvalue weighted by Crippen LogP contribution is -2.42. The van der Waals surface area contributed by atoms with E-state index in [-0.39, 0.29) is 5.91 Å². The molecule has 1 N–H and O–H groups in total. The van der Waals surface area contributed by atoms with Crippen LogP contribution in [-0.4, -0.2) is 11.4 Å². The van der Waals surface area contributed by atoms with Crippen LogP contribution >= 0.6 is 0 Å². The molecule has 0 saturated carbocycles. The van der Waals surface area contributed by atoms with Crippen LogP contribution in [-0.2, 0) is 6.42 Å². The summed E-state index contributed by atoms with van der Waals surface area (Å²) in [4.78, 5) is 11.8. The summed E-state index contributed by atoms with van der Waals surface area (Å²) in [6, 6.07) is 1.65. The van der Waals surface area contributed by atoms with Crippen LogP contribution in [0.15, 0.2) is 16.7 Å². The first-order valence-corrected chi connectivity index (χ1v) is 4.87. The molecule has 1 rings (SSSR count). The van der Waals surface area contributed by atoms with E-state index in [0.29, 0.717) is 17.7 Å². The zero-order valence-corrected chi connectivity index (χ0v) is 9.26. The van der Waals surface area contributed by atoms with Crippen molar-refractivity contribution in [2.75, 3.05) is 0 Å². The molecule has 80 valence electrons. The largest absolute Gasteiger partial charge is 0.469 e. The van der Waals surface area contributed by atoms with Gasteiger partial charge in [0.2, 0.25) is 0 Å². The molecule has 1 amide bonds. The van der Waals surface area contributed by atoms with Gasteiger partial charge in [-0.05, 0) is 19.9 Å². The van der Waals surface area contributed by atoms with Crippen LogP contribution in [0.2, 0.25) is 0 Å². The molecule has 0 bridgehead atoms. The quantitative estimate of drug-likeness (QED) is 0.767. The highest BCUT2D eigenvalue weighted by Gasteiger charge is 2.20. The first kappa shape index (κ1) is 11.4. The molecule has 0 aliphatic heterocycles. The molecular formula is C12H15NO2. The third-order valence-electron chi connectivity index (χ3n) is 2.10. The van der Waals surface area contributed by atoms with Crippen molar-refractivity contribution in [1.82, 2.24) is 5.32 Å². The predicted molar refractivity (Wildman–Crippen MR) is 58.5 cm³/mol. The van der Waals surface area contributed by atoms with E-state index < -0.39 is 5.54 Å². The minimum Gasteiger partial charge on any atom is -0.469 e. The summed E-state index contributed by atoms with van der Waals surface area (Å²) in [5.41, 5.74) is -0.0832. The molecule has 0 aromatic carbocycles. The topological polar surface area (TPSA) is 42.2 Å². The number of terminal acetylenes is 1. The maximum Gasteiger partial charge on any atom is 0.255 e. The monoisotopic (exact) mass is 205 g/mol. The van der Waals surface area contributed by atoms with Gasteiger partial charge in [-0.2, -0.15) is 0 Å². The molecule has 0 saturated heterocycles. The molecule has 0 atom stereocenters. The standard InChI is InChI=1S/C12H15NO2/c1-5-10-9(7-8-15-10)11(14)13-12(3,4)6-2/h2,7-8H,5H2,1,3-4H3,(H,13,14). The van der Waals surface area contributed by atoms with Gasteiger partial charge in [0.15, 0.2) is 0 Å². The van der Waals surface area contributed by atoms with Crippen LogP contribution in [0.1, 0.15) is 36.9 Å². The number of hydrogen-bond acceptors (Lipinski definition) is 2. The molecule has 0 aliphatic carbocycles. The zero-order chi connectivity index (χ0) is 11.5. The van der Waals surface area contributed by atoms with Crippen LogP contribution in [0.3, 0.4) is 0 Å². The second kappa shape index (κ2) is 4.22. The molecule has 1 heterocycles. The normalized spacial score (nSPS) is 10.8. The summed E-state index contributed by atoms with van der Waals surface area (Å²) in [5, 5.41) is 2.75. The maximum absolute atomic E-state index is 11.8. The Balaban J connectivity index is 2.83. The molecule has 0 fully saturated rings. The van der Waals surface area contributed by atoms with Crippen molar-refractivity contribution in [2.24, 2.45) is 0 Å². The molecule has 1 aromatic heterocycles. The van der Waals surface area contributed by atoms with Gasteiger partial charge >= 0.3 is 0 Å². The lowest BCUT2D eigenvalue weighted by molar-refractivity contribution is 0.0928. The van der Waals surface area contributed by atoms with Crippen LogP contribution in [0.25, 0.3) is 0 Å². The van der Waals surface area contributed by atoms with E-state index in [1.807, 2.05) is 6.92 Å². The van der Waals surface area contributed by atoms with E-state index in [4.69, 9.17) is 10.8 Å². The molecular weight excluding hydrogens is 190 g/mol. The Morgan fingerprint density at radius 1 is 1.67 bits per heavy atom. The summed E-state index contributed by atoms with van der Waals surface area (Å²) >= 11 is 0. The summed E-state index contributed by atoms with van der Waals surface area (Å²) in [5.74, 6) is 3.00. The fraction of sp³-hybridized carbons (Fsp3) is 0.417. The van der Waals surface area contributed by atoms with Gasteiger partial charge in [-0.25, -0.2) is 0 Å². The van der Waals surface area contributed by atoms with Crippen molar-refractivity contribution in [3.05, 3.63) is 23.7 Å². The first-order valence-electron chi connectivity index (χ1n) is 4.87. The smallest absolute Gasteiger partial charge is 0.255 e. The van der Waals surface area contributed by atoms with E-state index in [9.17, 15) is 4.79 Å². The SMILES string of the molecule is C#CC(C)(C)NC(=O)c1ccoc1CC. The summed E-state index contributed by atoms with van der Waals surface area (Å²) in [7, 11) is 0. The van der Waals surface area contributed by atoms with Gasteiger partial charge in [0.1, 0.15) is 5.76 Å². The number of carbonyl (C=O) groups is 1. The van der Waals surface area contributed by atoms with Crippen LogP contribution in [0, 0.1) is 12.3 Å². The van der Waals surface area contributed by atoms with Gasteiger partial charge < -0.3 is 9.73 Å². The van der Waals surface area contributed by atoms with Crippen molar-refractivity contribution in [2.45, 2.75) is 32.7 Å². The van der Waals surface area contributed by atoms with Crippen molar-refractivity contribution in [1.29, 1.82) is 0 Å². The lowest BCUT2D eigenvalue weighted by atomic mass is 10.1. The zero-order valence-electron chi connectivity index (χ0n) is 9.26. The molecule has 0 unspecified atom stereocenters. The van der Waals surface area contributed by atoms with E-state index in [1.165, 1.54) is 6.26 Å². The number of rotatable bonds is 3. The van der Waals surface area contributed by atoms with Gasteiger partial charge in [0.05, 0.1) is 17.4 Å². The number of furan rings is 1. The summed E-state index contributed by atoms with van der Waals surface area (Å²) in [6.45, 7) is 5.48. The van der Waals surface area contributed by atoms with Gasteiger partial charge in [0.25, 0.3) is 5.91 Å². The Morgan fingerprint density at radius 2 is 2.33 bits per heavy atom. The lowest BCUT2D eigenvalue weighted by Gasteiger charge is -2.19. The second-order valence-corrected chi connectivity index (χ2v) is 3.83. The predicted octanol–water partition coefficient (Wildman–Crippen LogP) is 1.98. The van der Waals surface area contributed by atoms with Gasteiger partial charge in [-0.15, -0.1) is 6.42 Å². The molecule has 3 heteroatoms. The Bertz CT molecular complexity index is 396.